The van der Waals surface area contributed by atoms with E-state index >= 15 is 0 Å². The van der Waals surface area contributed by atoms with E-state index in [1.54, 1.807) is 18.2 Å². The lowest BCUT2D eigenvalue weighted by atomic mass is 10.2. The van der Waals surface area contributed by atoms with Crippen molar-refractivity contribution in [1.82, 2.24) is 0 Å². The first-order chi connectivity index (χ1) is 7.60. The number of benzene rings is 1. The molecule has 88 valence electrons. The highest BCUT2D eigenvalue weighted by atomic mass is 35.5. The number of rotatable bonds is 5. The van der Waals surface area contributed by atoms with Gasteiger partial charge in [0.05, 0.1) is 10.6 Å². The van der Waals surface area contributed by atoms with Gasteiger partial charge >= 0.3 is 5.97 Å². The average molecular weight is 242 g/mol. The minimum Gasteiger partial charge on any atom is -0.478 e. The Kier molecular flexibility index (Phi) is 4.62. The van der Waals surface area contributed by atoms with Gasteiger partial charge in [0.2, 0.25) is 0 Å². The molecule has 16 heavy (non-hydrogen) atoms. The van der Waals surface area contributed by atoms with Crippen LogP contribution in [0.3, 0.4) is 0 Å². The molecule has 0 unspecified atom stereocenters. The normalized spacial score (nSPS) is 10.2. The molecule has 0 bridgehead atoms. The molecule has 0 saturated carbocycles. The lowest BCUT2D eigenvalue weighted by Gasteiger charge is -2.22. The fraction of sp³-hybridized carbons (Fsp3) is 0.417. The highest BCUT2D eigenvalue weighted by Crippen LogP contribution is 2.23. The first-order valence-corrected chi connectivity index (χ1v) is 5.75. The van der Waals surface area contributed by atoms with Gasteiger partial charge in [0.1, 0.15) is 0 Å². The zero-order chi connectivity index (χ0) is 12.1. The van der Waals surface area contributed by atoms with Crippen molar-refractivity contribution < 1.29 is 9.90 Å². The average Bonchev–Trinajstić information content (AvgIpc) is 2.25. The minimum atomic E-state index is -0.991. The second kappa shape index (κ2) is 5.75. The maximum absolute atomic E-state index is 10.8. The van der Waals surface area contributed by atoms with Crippen LogP contribution in [0.4, 0.5) is 5.69 Å². The van der Waals surface area contributed by atoms with Gasteiger partial charge in [-0.05, 0) is 31.5 Å². The zero-order valence-electron chi connectivity index (χ0n) is 9.53. The van der Waals surface area contributed by atoms with E-state index in [9.17, 15) is 4.79 Å². The third-order valence-corrected chi connectivity index (χ3v) is 2.74. The van der Waals surface area contributed by atoms with E-state index in [0.717, 1.165) is 25.2 Å². The predicted molar refractivity (Wildman–Crippen MR) is 66.6 cm³/mol. The largest absolute Gasteiger partial charge is 0.478 e. The molecule has 0 aromatic heterocycles. The summed E-state index contributed by atoms with van der Waals surface area (Å²) in [4.78, 5) is 13.0. The Morgan fingerprint density at radius 1 is 1.44 bits per heavy atom. The number of nitrogens with zero attached hydrogens (tertiary/aromatic N) is 1. The lowest BCUT2D eigenvalue weighted by molar-refractivity contribution is 0.0697. The molecule has 0 saturated heterocycles. The summed E-state index contributed by atoms with van der Waals surface area (Å²) in [6.45, 7) is 6.00. The standard InChI is InChI=1S/C12H16ClNO2/c1-3-7-14(4-2)9-5-6-10(12(15)16)11(13)8-9/h5-6,8H,3-4,7H2,1-2H3,(H,15,16). The maximum atomic E-state index is 10.8. The molecule has 0 spiro atoms. The highest BCUT2D eigenvalue weighted by molar-refractivity contribution is 6.33. The van der Waals surface area contributed by atoms with Crippen LogP contribution in [-0.4, -0.2) is 24.2 Å². The third-order valence-electron chi connectivity index (χ3n) is 2.42. The van der Waals surface area contributed by atoms with Crippen LogP contribution in [0.15, 0.2) is 18.2 Å². The van der Waals surface area contributed by atoms with Gasteiger partial charge in [-0.1, -0.05) is 18.5 Å². The van der Waals surface area contributed by atoms with Crippen molar-refractivity contribution in [2.45, 2.75) is 20.3 Å². The molecule has 0 aliphatic rings. The van der Waals surface area contributed by atoms with Gasteiger partial charge in [-0.15, -0.1) is 0 Å². The van der Waals surface area contributed by atoms with Gasteiger partial charge in [-0.3, -0.25) is 0 Å². The summed E-state index contributed by atoms with van der Waals surface area (Å²) in [5, 5.41) is 9.15. The molecule has 4 heteroatoms. The molecule has 0 atom stereocenters. The van der Waals surface area contributed by atoms with Gasteiger partial charge in [0.25, 0.3) is 0 Å². The van der Waals surface area contributed by atoms with Crippen LogP contribution in [0, 0.1) is 0 Å². The smallest absolute Gasteiger partial charge is 0.337 e. The van der Waals surface area contributed by atoms with Crippen molar-refractivity contribution in [3.05, 3.63) is 28.8 Å². The first kappa shape index (κ1) is 12.8. The molecular weight excluding hydrogens is 226 g/mol. The Labute approximate surface area is 101 Å². The molecule has 0 aliphatic heterocycles. The Bertz CT molecular complexity index is 379. The van der Waals surface area contributed by atoms with Gasteiger partial charge < -0.3 is 10.0 Å². The van der Waals surface area contributed by atoms with E-state index in [1.165, 1.54) is 0 Å². The summed E-state index contributed by atoms with van der Waals surface area (Å²) in [7, 11) is 0. The van der Waals surface area contributed by atoms with Crippen LogP contribution < -0.4 is 4.90 Å². The quantitative estimate of drug-likeness (QED) is 0.860. The van der Waals surface area contributed by atoms with Crippen LogP contribution in [0.5, 0.6) is 0 Å². The Morgan fingerprint density at radius 2 is 2.12 bits per heavy atom. The van der Waals surface area contributed by atoms with Crippen LogP contribution in [0.1, 0.15) is 30.6 Å². The molecule has 0 radical (unpaired) electrons. The Hall–Kier alpha value is -1.22. The van der Waals surface area contributed by atoms with Crippen molar-refractivity contribution >= 4 is 23.3 Å². The van der Waals surface area contributed by atoms with Crippen LogP contribution in [0.2, 0.25) is 5.02 Å². The Balaban J connectivity index is 2.99. The highest BCUT2D eigenvalue weighted by Gasteiger charge is 2.11. The molecule has 0 fully saturated rings. The van der Waals surface area contributed by atoms with Gasteiger partial charge in [-0.25, -0.2) is 4.79 Å². The summed E-state index contributed by atoms with van der Waals surface area (Å²) >= 11 is 5.92. The number of halogens is 1. The number of hydrogen-bond donors (Lipinski definition) is 1. The molecule has 3 nitrogen and oxygen atoms in total. The number of carboxylic acid groups (broad SMARTS) is 1. The molecule has 1 N–H and O–H groups in total. The van der Waals surface area contributed by atoms with E-state index in [1.807, 2.05) is 0 Å². The van der Waals surface area contributed by atoms with Gasteiger partial charge in [-0.2, -0.15) is 0 Å². The van der Waals surface area contributed by atoms with Crippen molar-refractivity contribution in [3.63, 3.8) is 0 Å². The number of carboxylic acids is 1. The summed E-state index contributed by atoms with van der Waals surface area (Å²) in [6.07, 6.45) is 1.05. The monoisotopic (exact) mass is 241 g/mol. The summed E-state index contributed by atoms with van der Waals surface area (Å²) in [6, 6.07) is 5.07. The van der Waals surface area contributed by atoms with Crippen molar-refractivity contribution in [3.8, 4) is 0 Å². The second-order valence-corrected chi connectivity index (χ2v) is 3.96. The number of carbonyl (C=O) groups is 1. The van der Waals surface area contributed by atoms with Crippen molar-refractivity contribution in [2.75, 3.05) is 18.0 Å². The maximum Gasteiger partial charge on any atom is 0.337 e. The molecule has 1 aromatic rings. The second-order valence-electron chi connectivity index (χ2n) is 3.55. The molecular formula is C12H16ClNO2. The van der Waals surface area contributed by atoms with Crippen LogP contribution in [0.25, 0.3) is 0 Å². The molecule has 0 aliphatic carbocycles. The van der Waals surface area contributed by atoms with Crippen molar-refractivity contribution in [2.24, 2.45) is 0 Å². The molecule has 0 amide bonds. The fourth-order valence-electron chi connectivity index (χ4n) is 1.61. The minimum absolute atomic E-state index is 0.151. The summed E-state index contributed by atoms with van der Waals surface area (Å²) in [5.74, 6) is -0.991. The molecule has 1 rings (SSSR count). The predicted octanol–water partition coefficient (Wildman–Crippen LogP) is 3.27. The van der Waals surface area contributed by atoms with E-state index < -0.39 is 5.97 Å². The SMILES string of the molecule is CCCN(CC)c1ccc(C(=O)O)c(Cl)c1. The van der Waals surface area contributed by atoms with E-state index in [-0.39, 0.29) is 5.56 Å². The Morgan fingerprint density at radius 3 is 2.56 bits per heavy atom. The fourth-order valence-corrected chi connectivity index (χ4v) is 1.87. The third kappa shape index (κ3) is 2.89. The van der Waals surface area contributed by atoms with Crippen LogP contribution >= 0.6 is 11.6 Å². The summed E-state index contributed by atoms with van der Waals surface area (Å²) < 4.78 is 0. The van der Waals surface area contributed by atoms with E-state index in [0.29, 0.717) is 5.02 Å². The molecule has 1 aromatic carbocycles. The topological polar surface area (TPSA) is 40.5 Å². The number of hydrogen-bond acceptors (Lipinski definition) is 2. The lowest BCUT2D eigenvalue weighted by Crippen LogP contribution is -2.23. The number of aromatic carboxylic acids is 1. The summed E-state index contributed by atoms with van der Waals surface area (Å²) in [5.41, 5.74) is 1.12. The first-order valence-electron chi connectivity index (χ1n) is 5.38. The van der Waals surface area contributed by atoms with E-state index in [4.69, 9.17) is 16.7 Å². The number of anilines is 1. The van der Waals surface area contributed by atoms with E-state index in [2.05, 4.69) is 18.7 Å². The van der Waals surface area contributed by atoms with Crippen molar-refractivity contribution in [1.29, 1.82) is 0 Å². The zero-order valence-corrected chi connectivity index (χ0v) is 10.3. The van der Waals surface area contributed by atoms with Gasteiger partial charge in [0, 0.05) is 18.8 Å². The van der Waals surface area contributed by atoms with Crippen LogP contribution in [-0.2, 0) is 0 Å². The molecule has 0 heterocycles. The van der Waals surface area contributed by atoms with Gasteiger partial charge in [0.15, 0.2) is 0 Å².